The standard InChI is InChI=1S/C29H48O2/c1-2-3-18-8-22(18)12-26-16-27(26)13-23-9-19(23)4-5-20-10-24(20)14-28-17-29(28)15-25-11-21(25)6-7-31-30/h18-30H,2-17H2,1H3. The molecule has 0 aliphatic heterocycles. The lowest BCUT2D eigenvalue weighted by atomic mass is 10.0. The van der Waals surface area contributed by atoms with Gasteiger partial charge in [0.15, 0.2) is 0 Å². The molecule has 6 aliphatic carbocycles. The van der Waals surface area contributed by atoms with Crippen molar-refractivity contribution in [2.45, 2.75) is 103 Å². The lowest BCUT2D eigenvalue weighted by Crippen LogP contribution is -1.94. The van der Waals surface area contributed by atoms with Crippen molar-refractivity contribution in [3.63, 3.8) is 0 Å². The van der Waals surface area contributed by atoms with Crippen molar-refractivity contribution >= 4 is 0 Å². The largest absolute Gasteiger partial charge is 0.252 e. The highest BCUT2D eigenvalue weighted by Crippen LogP contribution is 2.60. The molecular weight excluding hydrogens is 380 g/mol. The Morgan fingerprint density at radius 3 is 1.19 bits per heavy atom. The van der Waals surface area contributed by atoms with E-state index in [2.05, 4.69) is 11.8 Å². The van der Waals surface area contributed by atoms with Crippen LogP contribution in [0.3, 0.4) is 0 Å². The lowest BCUT2D eigenvalue weighted by molar-refractivity contribution is -0.243. The molecule has 0 spiro atoms. The van der Waals surface area contributed by atoms with Crippen LogP contribution in [0.25, 0.3) is 0 Å². The fourth-order valence-corrected chi connectivity index (χ4v) is 8.14. The van der Waals surface area contributed by atoms with Gasteiger partial charge in [0.2, 0.25) is 0 Å². The van der Waals surface area contributed by atoms with Gasteiger partial charge in [0, 0.05) is 0 Å². The van der Waals surface area contributed by atoms with Crippen LogP contribution < -0.4 is 0 Å². The molecule has 2 nitrogen and oxygen atoms in total. The highest BCUT2D eigenvalue weighted by molar-refractivity contribution is 5.01. The average Bonchev–Trinajstić information content (AvgIpc) is 3.58. The van der Waals surface area contributed by atoms with Crippen molar-refractivity contribution in [1.29, 1.82) is 0 Å². The van der Waals surface area contributed by atoms with Crippen molar-refractivity contribution in [2.24, 2.45) is 71.0 Å². The molecule has 0 aromatic rings. The van der Waals surface area contributed by atoms with Gasteiger partial charge >= 0.3 is 0 Å². The third-order valence-electron chi connectivity index (χ3n) is 11.0. The third kappa shape index (κ3) is 5.71. The van der Waals surface area contributed by atoms with Crippen molar-refractivity contribution < 1.29 is 10.1 Å². The van der Waals surface area contributed by atoms with Gasteiger partial charge in [-0.05, 0) is 154 Å². The van der Waals surface area contributed by atoms with Gasteiger partial charge in [0.25, 0.3) is 0 Å². The Hall–Kier alpha value is -0.0800. The van der Waals surface area contributed by atoms with Crippen LogP contribution in [0.15, 0.2) is 0 Å². The van der Waals surface area contributed by atoms with Gasteiger partial charge in [0.05, 0.1) is 6.61 Å². The third-order valence-corrected chi connectivity index (χ3v) is 11.0. The van der Waals surface area contributed by atoms with E-state index in [1.165, 1.54) is 32.1 Å². The van der Waals surface area contributed by atoms with Crippen LogP contribution in [0.4, 0.5) is 0 Å². The molecule has 6 aliphatic rings. The molecule has 31 heavy (non-hydrogen) atoms. The second-order valence-electron chi connectivity index (χ2n) is 13.5. The van der Waals surface area contributed by atoms with Crippen LogP contribution in [-0.4, -0.2) is 11.9 Å². The van der Waals surface area contributed by atoms with Gasteiger partial charge in [-0.15, -0.1) is 0 Å². The summed E-state index contributed by atoms with van der Waals surface area (Å²) in [7, 11) is 0. The first-order chi connectivity index (χ1) is 15.2. The fourth-order valence-electron chi connectivity index (χ4n) is 8.14. The van der Waals surface area contributed by atoms with E-state index in [4.69, 9.17) is 5.26 Å². The summed E-state index contributed by atoms with van der Waals surface area (Å²) in [6.07, 6.45) is 22.7. The van der Waals surface area contributed by atoms with E-state index in [1.54, 1.807) is 57.8 Å². The molecule has 2 heteroatoms. The molecule has 0 aromatic heterocycles. The highest BCUT2D eigenvalue weighted by atomic mass is 17.1. The van der Waals surface area contributed by atoms with E-state index in [-0.39, 0.29) is 0 Å². The maximum Gasteiger partial charge on any atom is 0.0822 e. The molecule has 6 rings (SSSR count). The van der Waals surface area contributed by atoms with Crippen molar-refractivity contribution in [2.75, 3.05) is 6.61 Å². The first-order valence-corrected chi connectivity index (χ1v) is 14.5. The minimum absolute atomic E-state index is 0.544. The van der Waals surface area contributed by atoms with Crippen LogP contribution >= 0.6 is 0 Å². The summed E-state index contributed by atoms with van der Waals surface area (Å²) in [6.45, 7) is 2.90. The van der Waals surface area contributed by atoms with E-state index >= 15 is 0 Å². The zero-order valence-electron chi connectivity index (χ0n) is 20.1. The molecule has 6 fully saturated rings. The first kappa shape index (κ1) is 21.5. The van der Waals surface area contributed by atoms with Crippen LogP contribution in [-0.2, 0) is 4.89 Å². The zero-order valence-corrected chi connectivity index (χ0v) is 20.1. The summed E-state index contributed by atoms with van der Waals surface area (Å²) in [5.41, 5.74) is 0. The topological polar surface area (TPSA) is 29.5 Å². The quantitative estimate of drug-likeness (QED) is 0.200. The Morgan fingerprint density at radius 1 is 0.484 bits per heavy atom. The second kappa shape index (κ2) is 8.94. The molecule has 0 bridgehead atoms. The molecule has 176 valence electrons. The summed E-state index contributed by atoms with van der Waals surface area (Å²) < 4.78 is 0. The first-order valence-electron chi connectivity index (χ1n) is 14.5. The Balaban J connectivity index is 0.781. The summed E-state index contributed by atoms with van der Waals surface area (Å²) in [5.74, 6) is 13.1. The summed E-state index contributed by atoms with van der Waals surface area (Å²) in [5, 5.41) is 8.50. The van der Waals surface area contributed by atoms with E-state index in [0.717, 1.165) is 77.4 Å². The molecule has 1 N–H and O–H groups in total. The second-order valence-corrected chi connectivity index (χ2v) is 13.5. The molecule has 6 saturated carbocycles. The number of hydrogen-bond acceptors (Lipinski definition) is 2. The maximum atomic E-state index is 8.50. The molecule has 0 radical (unpaired) electrons. The number of rotatable bonds is 16. The Labute approximate surface area is 191 Å². The minimum atomic E-state index is 0.544. The van der Waals surface area contributed by atoms with Gasteiger partial charge in [-0.2, -0.15) is 0 Å². The maximum absolute atomic E-state index is 8.50. The summed E-state index contributed by atoms with van der Waals surface area (Å²) in [6, 6.07) is 0. The SMILES string of the molecule is CCCC1CC1CC1CC1CC1CC1CCC1CC1CC1CC1CC1CC1CCOO. The van der Waals surface area contributed by atoms with Gasteiger partial charge in [-0.25, -0.2) is 4.89 Å². The van der Waals surface area contributed by atoms with E-state index in [0.29, 0.717) is 6.61 Å². The van der Waals surface area contributed by atoms with Gasteiger partial charge < -0.3 is 0 Å². The Morgan fingerprint density at radius 2 is 0.806 bits per heavy atom. The average molecular weight is 429 g/mol. The van der Waals surface area contributed by atoms with Crippen molar-refractivity contribution in [3.8, 4) is 0 Å². The van der Waals surface area contributed by atoms with Crippen LogP contribution in [0.5, 0.6) is 0 Å². The molecule has 12 unspecified atom stereocenters. The summed E-state index contributed by atoms with van der Waals surface area (Å²) >= 11 is 0. The van der Waals surface area contributed by atoms with E-state index < -0.39 is 0 Å². The molecular formula is C29H48O2. The predicted octanol–water partition coefficient (Wildman–Crippen LogP) is 7.82. The van der Waals surface area contributed by atoms with E-state index in [1.807, 2.05) is 0 Å². The Kier molecular flexibility index (Phi) is 6.18. The van der Waals surface area contributed by atoms with Gasteiger partial charge in [-0.1, -0.05) is 19.8 Å². The van der Waals surface area contributed by atoms with Crippen LogP contribution in [0.2, 0.25) is 0 Å². The smallest absolute Gasteiger partial charge is 0.0822 e. The van der Waals surface area contributed by atoms with E-state index in [9.17, 15) is 0 Å². The summed E-state index contributed by atoms with van der Waals surface area (Å²) in [4.78, 5) is 4.26. The Bertz CT molecular complexity index is 618. The van der Waals surface area contributed by atoms with Crippen LogP contribution in [0, 0.1) is 71.0 Å². The minimum Gasteiger partial charge on any atom is -0.252 e. The predicted molar refractivity (Wildman–Crippen MR) is 125 cm³/mol. The number of hydrogen-bond donors (Lipinski definition) is 1. The zero-order chi connectivity index (χ0) is 20.9. The van der Waals surface area contributed by atoms with Gasteiger partial charge in [-0.3, -0.25) is 5.26 Å². The van der Waals surface area contributed by atoms with Crippen molar-refractivity contribution in [3.05, 3.63) is 0 Å². The normalized spacial score (nSPS) is 50.9. The highest BCUT2D eigenvalue weighted by Gasteiger charge is 2.51. The molecule has 0 amide bonds. The van der Waals surface area contributed by atoms with Crippen LogP contribution in [0.1, 0.15) is 103 Å². The monoisotopic (exact) mass is 428 g/mol. The molecule has 12 atom stereocenters. The lowest BCUT2D eigenvalue weighted by Gasteiger charge is -2.03. The van der Waals surface area contributed by atoms with Gasteiger partial charge in [0.1, 0.15) is 0 Å². The molecule has 0 saturated heterocycles. The van der Waals surface area contributed by atoms with Crippen molar-refractivity contribution in [1.82, 2.24) is 0 Å². The molecule has 0 aromatic carbocycles. The fraction of sp³-hybridized carbons (Fsp3) is 1.00. The molecule has 0 heterocycles.